The van der Waals surface area contributed by atoms with Crippen molar-refractivity contribution in [2.75, 3.05) is 18.0 Å². The van der Waals surface area contributed by atoms with Gasteiger partial charge in [0.05, 0.1) is 12.7 Å². The SMILES string of the molecule is O=CC1CCN(c2ccc([C@H]3c4ccc(O)cc4CO[C@@H]3C3CCCCC3)cc2)CC1. The highest BCUT2D eigenvalue weighted by molar-refractivity contribution is 5.56. The van der Waals surface area contributed by atoms with Gasteiger partial charge in [-0.3, -0.25) is 0 Å². The lowest BCUT2D eigenvalue weighted by atomic mass is 9.73. The van der Waals surface area contributed by atoms with Crippen LogP contribution in [0, 0.1) is 11.8 Å². The summed E-state index contributed by atoms with van der Waals surface area (Å²) in [6, 6.07) is 14.8. The number of anilines is 1. The van der Waals surface area contributed by atoms with Crippen LogP contribution >= 0.6 is 0 Å². The predicted octanol–water partition coefficient (Wildman–Crippen LogP) is 5.42. The minimum Gasteiger partial charge on any atom is -0.508 e. The third-order valence-electron chi connectivity index (χ3n) is 7.69. The molecule has 0 amide bonds. The number of piperidine rings is 1. The molecule has 2 heterocycles. The number of rotatable bonds is 4. The fraction of sp³-hybridized carbons (Fsp3) is 0.519. The number of carbonyl (C=O) groups is 1. The Hall–Kier alpha value is -2.33. The highest BCUT2D eigenvalue weighted by Crippen LogP contribution is 2.44. The fourth-order valence-electron chi connectivity index (χ4n) is 5.91. The molecule has 2 aromatic rings. The van der Waals surface area contributed by atoms with Crippen molar-refractivity contribution in [2.45, 2.75) is 63.6 Å². The summed E-state index contributed by atoms with van der Waals surface area (Å²) < 4.78 is 6.48. The van der Waals surface area contributed by atoms with E-state index in [2.05, 4.69) is 35.2 Å². The van der Waals surface area contributed by atoms with Crippen molar-refractivity contribution in [3.05, 3.63) is 59.2 Å². The second-order valence-electron chi connectivity index (χ2n) is 9.59. The molecule has 1 saturated carbocycles. The van der Waals surface area contributed by atoms with Gasteiger partial charge in [0.25, 0.3) is 0 Å². The number of nitrogens with zero attached hydrogens (tertiary/aromatic N) is 1. The highest BCUT2D eigenvalue weighted by Gasteiger charge is 2.37. The van der Waals surface area contributed by atoms with Crippen LogP contribution in [0.2, 0.25) is 0 Å². The molecule has 164 valence electrons. The number of hydrogen-bond acceptors (Lipinski definition) is 4. The summed E-state index contributed by atoms with van der Waals surface area (Å²) in [7, 11) is 0. The highest BCUT2D eigenvalue weighted by atomic mass is 16.5. The lowest BCUT2D eigenvalue weighted by molar-refractivity contribution is -0.111. The van der Waals surface area contributed by atoms with E-state index >= 15 is 0 Å². The Labute approximate surface area is 185 Å². The van der Waals surface area contributed by atoms with E-state index in [4.69, 9.17) is 4.74 Å². The molecule has 0 unspecified atom stereocenters. The molecular weight excluding hydrogens is 386 g/mol. The molecule has 4 heteroatoms. The van der Waals surface area contributed by atoms with Gasteiger partial charge in [0.15, 0.2) is 0 Å². The Bertz CT molecular complexity index is 895. The molecule has 1 aliphatic carbocycles. The van der Waals surface area contributed by atoms with Gasteiger partial charge in [-0.2, -0.15) is 0 Å². The summed E-state index contributed by atoms with van der Waals surface area (Å²) >= 11 is 0. The van der Waals surface area contributed by atoms with Crippen LogP contribution in [0.3, 0.4) is 0 Å². The van der Waals surface area contributed by atoms with Crippen molar-refractivity contribution in [1.29, 1.82) is 0 Å². The first-order chi connectivity index (χ1) is 15.2. The summed E-state index contributed by atoms with van der Waals surface area (Å²) in [6.45, 7) is 2.48. The number of carbonyl (C=O) groups excluding carboxylic acids is 1. The number of phenols is 1. The number of phenolic OH excluding ortho intramolecular Hbond substituents is 1. The Morgan fingerprint density at radius 3 is 2.39 bits per heavy atom. The molecule has 0 radical (unpaired) electrons. The average molecular weight is 420 g/mol. The van der Waals surface area contributed by atoms with E-state index in [0.717, 1.165) is 37.8 Å². The van der Waals surface area contributed by atoms with E-state index in [1.807, 2.05) is 12.1 Å². The summed E-state index contributed by atoms with van der Waals surface area (Å²) in [5.74, 6) is 1.34. The first-order valence-corrected chi connectivity index (χ1v) is 12.0. The zero-order valence-corrected chi connectivity index (χ0v) is 18.2. The maximum absolute atomic E-state index is 11.1. The lowest BCUT2D eigenvalue weighted by Crippen LogP contribution is -2.36. The standard InChI is InChI=1S/C27H33NO3/c29-17-19-12-14-28(15-13-19)23-8-6-20(7-9-23)26-25-11-10-24(30)16-22(25)18-31-27(26)21-4-2-1-3-5-21/h6-11,16-17,19,21,26-27,30H,1-5,12-15,18H2/t26-,27+/m0/s1. The quantitative estimate of drug-likeness (QED) is 0.673. The Morgan fingerprint density at radius 1 is 0.935 bits per heavy atom. The normalized spacial score (nSPS) is 25.2. The van der Waals surface area contributed by atoms with Gasteiger partial charge in [-0.1, -0.05) is 37.5 Å². The fourth-order valence-corrected chi connectivity index (χ4v) is 5.91. The van der Waals surface area contributed by atoms with Gasteiger partial charge in [-0.25, -0.2) is 0 Å². The summed E-state index contributed by atoms with van der Waals surface area (Å²) in [5.41, 5.74) is 4.95. The van der Waals surface area contributed by atoms with Crippen LogP contribution in [0.25, 0.3) is 0 Å². The summed E-state index contributed by atoms with van der Waals surface area (Å²) in [6.07, 6.45) is 9.65. The zero-order chi connectivity index (χ0) is 21.2. The van der Waals surface area contributed by atoms with Gasteiger partial charge >= 0.3 is 0 Å². The van der Waals surface area contributed by atoms with Crippen molar-refractivity contribution in [1.82, 2.24) is 0 Å². The van der Waals surface area contributed by atoms with Crippen LogP contribution in [0.15, 0.2) is 42.5 Å². The van der Waals surface area contributed by atoms with Crippen molar-refractivity contribution in [3.63, 3.8) is 0 Å². The third-order valence-corrected chi connectivity index (χ3v) is 7.69. The van der Waals surface area contributed by atoms with E-state index < -0.39 is 0 Å². The van der Waals surface area contributed by atoms with E-state index in [0.29, 0.717) is 18.3 Å². The first-order valence-electron chi connectivity index (χ1n) is 12.0. The van der Waals surface area contributed by atoms with Crippen LogP contribution in [-0.2, 0) is 16.1 Å². The molecule has 2 fully saturated rings. The molecule has 0 spiro atoms. The molecule has 3 aliphatic rings. The summed E-state index contributed by atoms with van der Waals surface area (Å²) in [5, 5.41) is 9.99. The molecule has 0 bridgehead atoms. The Kier molecular flexibility index (Phi) is 5.99. The molecule has 4 nitrogen and oxygen atoms in total. The van der Waals surface area contributed by atoms with Crippen molar-refractivity contribution in [3.8, 4) is 5.75 Å². The smallest absolute Gasteiger partial charge is 0.123 e. The van der Waals surface area contributed by atoms with Crippen LogP contribution in [0.1, 0.15) is 67.6 Å². The number of hydrogen-bond donors (Lipinski definition) is 1. The number of aromatic hydroxyl groups is 1. The van der Waals surface area contributed by atoms with E-state index in [1.165, 1.54) is 48.9 Å². The zero-order valence-electron chi connectivity index (χ0n) is 18.2. The summed E-state index contributed by atoms with van der Waals surface area (Å²) in [4.78, 5) is 13.5. The van der Waals surface area contributed by atoms with Crippen LogP contribution < -0.4 is 4.90 Å². The Balaban J connectivity index is 1.43. The minimum atomic E-state index is 0.200. The molecule has 1 saturated heterocycles. The molecule has 0 aromatic heterocycles. The van der Waals surface area contributed by atoms with Gasteiger partial charge in [-0.15, -0.1) is 0 Å². The van der Waals surface area contributed by atoms with Crippen molar-refractivity contribution >= 4 is 12.0 Å². The number of fused-ring (bicyclic) bond motifs is 1. The molecule has 2 atom stereocenters. The van der Waals surface area contributed by atoms with Gasteiger partial charge in [0.2, 0.25) is 0 Å². The number of aldehydes is 1. The predicted molar refractivity (Wildman–Crippen MR) is 123 cm³/mol. The number of ether oxygens (including phenoxy) is 1. The molecule has 2 aromatic carbocycles. The minimum absolute atomic E-state index is 0.200. The van der Waals surface area contributed by atoms with E-state index in [9.17, 15) is 9.90 Å². The van der Waals surface area contributed by atoms with Crippen LogP contribution in [0.4, 0.5) is 5.69 Å². The van der Waals surface area contributed by atoms with Crippen LogP contribution in [-0.4, -0.2) is 30.6 Å². The molecule has 31 heavy (non-hydrogen) atoms. The molecule has 2 aliphatic heterocycles. The third kappa shape index (κ3) is 4.23. The van der Waals surface area contributed by atoms with Gasteiger partial charge in [0.1, 0.15) is 12.0 Å². The number of benzene rings is 2. The van der Waals surface area contributed by atoms with Crippen LogP contribution in [0.5, 0.6) is 5.75 Å². The van der Waals surface area contributed by atoms with Gasteiger partial charge in [0, 0.05) is 30.6 Å². The maximum atomic E-state index is 11.1. The molecular formula is C27H33NO3. The van der Waals surface area contributed by atoms with Crippen molar-refractivity contribution in [2.24, 2.45) is 11.8 Å². The van der Waals surface area contributed by atoms with Gasteiger partial charge in [-0.05, 0) is 72.6 Å². The monoisotopic (exact) mass is 419 g/mol. The average Bonchev–Trinajstić information content (AvgIpc) is 2.84. The van der Waals surface area contributed by atoms with E-state index in [-0.39, 0.29) is 17.9 Å². The Morgan fingerprint density at radius 2 is 1.68 bits per heavy atom. The maximum Gasteiger partial charge on any atom is 0.123 e. The second-order valence-corrected chi connectivity index (χ2v) is 9.59. The molecule has 1 N–H and O–H groups in total. The first kappa shape index (κ1) is 20.6. The topological polar surface area (TPSA) is 49.8 Å². The van der Waals surface area contributed by atoms with E-state index in [1.54, 1.807) is 0 Å². The lowest BCUT2D eigenvalue weighted by Gasteiger charge is -2.40. The largest absolute Gasteiger partial charge is 0.508 e. The van der Waals surface area contributed by atoms with Crippen molar-refractivity contribution < 1.29 is 14.6 Å². The van der Waals surface area contributed by atoms with Gasteiger partial charge < -0.3 is 19.5 Å². The molecule has 5 rings (SSSR count). The second kappa shape index (κ2) is 9.04.